The van der Waals surface area contributed by atoms with Crippen LogP contribution in [0.1, 0.15) is 17.5 Å². The molecule has 26 heavy (non-hydrogen) atoms. The van der Waals surface area contributed by atoms with Gasteiger partial charge in [-0.15, -0.1) is 0 Å². The second-order valence-electron chi connectivity index (χ2n) is 5.69. The molecule has 2 aromatic carbocycles. The van der Waals surface area contributed by atoms with Crippen molar-refractivity contribution < 1.29 is 18.0 Å². The predicted octanol–water partition coefficient (Wildman–Crippen LogP) is 4.45. The molecular formula is C18H15F3N4O. The zero-order valence-electron chi connectivity index (χ0n) is 13.5. The number of nitrogens with two attached hydrogens (primary N) is 1. The number of anilines is 2. The summed E-state index contributed by atoms with van der Waals surface area (Å²) in [7, 11) is 0. The summed E-state index contributed by atoms with van der Waals surface area (Å²) >= 11 is 0. The number of hydrogen-bond donors (Lipinski definition) is 3. The van der Waals surface area contributed by atoms with Crippen LogP contribution in [0, 0.1) is 0 Å². The van der Waals surface area contributed by atoms with Gasteiger partial charge in [-0.3, -0.25) is 0 Å². The van der Waals surface area contributed by atoms with Gasteiger partial charge in [0, 0.05) is 24.0 Å². The van der Waals surface area contributed by atoms with Crippen molar-refractivity contribution in [2.75, 3.05) is 10.6 Å². The van der Waals surface area contributed by atoms with Crippen LogP contribution in [0.15, 0.2) is 59.7 Å². The number of rotatable bonds is 3. The first-order valence-corrected chi connectivity index (χ1v) is 7.68. The molecular weight excluding hydrogens is 345 g/mol. The largest absolute Gasteiger partial charge is 0.416 e. The van der Waals surface area contributed by atoms with Crippen LogP contribution in [-0.2, 0) is 6.18 Å². The number of amidine groups is 1. The average Bonchev–Trinajstić information content (AvgIpc) is 3.01. The summed E-state index contributed by atoms with van der Waals surface area (Å²) in [4.78, 5) is 16.1. The molecule has 0 spiro atoms. The molecule has 0 saturated carbocycles. The molecule has 0 unspecified atom stereocenters. The Labute approximate surface area is 147 Å². The Morgan fingerprint density at radius 2 is 1.69 bits per heavy atom. The Hall–Kier alpha value is -3.29. The molecule has 5 nitrogen and oxygen atoms in total. The zero-order chi connectivity index (χ0) is 18.7. The van der Waals surface area contributed by atoms with Gasteiger partial charge < -0.3 is 16.4 Å². The fourth-order valence-electron chi connectivity index (χ4n) is 2.49. The molecule has 4 N–H and O–H groups in total. The number of carbonyl (C=O) groups excluding carboxylic acids is 1. The van der Waals surface area contributed by atoms with Gasteiger partial charge in [-0.25, -0.2) is 9.79 Å². The van der Waals surface area contributed by atoms with Crippen LogP contribution < -0.4 is 16.4 Å². The summed E-state index contributed by atoms with van der Waals surface area (Å²) in [5.41, 5.74) is 7.14. The minimum atomic E-state index is -4.47. The molecule has 0 aliphatic carbocycles. The lowest BCUT2D eigenvalue weighted by atomic mass is 10.0. The molecule has 0 saturated heterocycles. The summed E-state index contributed by atoms with van der Waals surface area (Å²) in [6.07, 6.45) is -2.28. The monoisotopic (exact) mass is 360 g/mol. The van der Waals surface area contributed by atoms with Gasteiger partial charge in [-0.2, -0.15) is 13.2 Å². The molecule has 1 aliphatic heterocycles. The van der Waals surface area contributed by atoms with Gasteiger partial charge in [-0.1, -0.05) is 18.2 Å². The van der Waals surface area contributed by atoms with Crippen LogP contribution in [-0.4, -0.2) is 11.9 Å². The number of hydrogen-bond acceptors (Lipinski definition) is 3. The van der Waals surface area contributed by atoms with Crippen molar-refractivity contribution in [3.63, 3.8) is 0 Å². The number of halogens is 3. The number of nitrogens with zero attached hydrogens (tertiary/aromatic N) is 1. The van der Waals surface area contributed by atoms with Crippen LogP contribution in [0.4, 0.5) is 29.3 Å². The molecule has 0 fully saturated rings. The van der Waals surface area contributed by atoms with Crippen molar-refractivity contribution in [1.29, 1.82) is 0 Å². The highest BCUT2D eigenvalue weighted by molar-refractivity contribution is 6.00. The molecule has 2 aromatic rings. The lowest BCUT2D eigenvalue weighted by Crippen LogP contribution is -2.20. The molecule has 0 bridgehead atoms. The summed E-state index contributed by atoms with van der Waals surface area (Å²) in [6.45, 7) is 0. The molecule has 0 radical (unpaired) electrons. The van der Waals surface area contributed by atoms with Gasteiger partial charge >= 0.3 is 12.2 Å². The average molecular weight is 360 g/mol. The van der Waals surface area contributed by atoms with Gasteiger partial charge in [-0.05, 0) is 41.5 Å². The number of carbonyl (C=O) groups is 1. The lowest BCUT2D eigenvalue weighted by molar-refractivity contribution is -0.137. The maximum Gasteiger partial charge on any atom is 0.416 e. The first-order valence-electron chi connectivity index (χ1n) is 7.68. The predicted molar refractivity (Wildman–Crippen MR) is 94.7 cm³/mol. The normalized spacial score (nSPS) is 13.8. The topological polar surface area (TPSA) is 79.5 Å². The van der Waals surface area contributed by atoms with Crippen molar-refractivity contribution >= 4 is 28.8 Å². The molecule has 1 heterocycles. The van der Waals surface area contributed by atoms with Crippen molar-refractivity contribution in [1.82, 2.24) is 0 Å². The smallest absolute Gasteiger partial charge is 0.387 e. The summed E-state index contributed by atoms with van der Waals surface area (Å²) < 4.78 is 38.2. The lowest BCUT2D eigenvalue weighted by Gasteiger charge is -2.11. The van der Waals surface area contributed by atoms with E-state index in [4.69, 9.17) is 5.73 Å². The molecule has 1 aliphatic rings. The van der Waals surface area contributed by atoms with Crippen LogP contribution >= 0.6 is 0 Å². The fraction of sp³-hybridized carbons (Fsp3) is 0.111. The minimum Gasteiger partial charge on any atom is -0.387 e. The summed E-state index contributed by atoms with van der Waals surface area (Å²) in [6, 6.07) is 10.8. The molecule has 0 aromatic heterocycles. The standard InChI is InChI=1S/C18H15F3N4O/c19-18(20,21)13-4-2-6-15(9-13)25-17(26)24-14-5-1-3-11(7-14)12-8-16(22)23-10-12/h1-7,9-10H,8H2,(H2,22,23)(H2,24,25,26). The summed E-state index contributed by atoms with van der Waals surface area (Å²) in [5.74, 6) is 0.514. The van der Waals surface area contributed by atoms with E-state index >= 15 is 0 Å². The highest BCUT2D eigenvalue weighted by atomic mass is 19.4. The third-order valence-corrected chi connectivity index (χ3v) is 3.70. The molecule has 8 heteroatoms. The maximum absolute atomic E-state index is 12.7. The van der Waals surface area contributed by atoms with E-state index in [0.717, 1.165) is 23.3 Å². The van der Waals surface area contributed by atoms with E-state index in [1.54, 1.807) is 24.4 Å². The Morgan fingerprint density at radius 1 is 1.04 bits per heavy atom. The molecule has 134 valence electrons. The van der Waals surface area contributed by atoms with Gasteiger partial charge in [0.15, 0.2) is 0 Å². The number of benzene rings is 2. The SMILES string of the molecule is NC1=NC=C(c2cccc(NC(=O)Nc3cccc(C(F)(F)F)c3)c2)C1. The third-order valence-electron chi connectivity index (χ3n) is 3.70. The van der Waals surface area contributed by atoms with Crippen molar-refractivity contribution in [3.8, 4) is 0 Å². The highest BCUT2D eigenvalue weighted by Crippen LogP contribution is 2.30. The van der Waals surface area contributed by atoms with Crippen molar-refractivity contribution in [3.05, 3.63) is 65.9 Å². The Kier molecular flexibility index (Phi) is 4.66. The van der Waals surface area contributed by atoms with E-state index in [-0.39, 0.29) is 5.69 Å². The van der Waals surface area contributed by atoms with Gasteiger partial charge in [0.05, 0.1) is 5.56 Å². The maximum atomic E-state index is 12.7. The van der Waals surface area contributed by atoms with Crippen molar-refractivity contribution in [2.24, 2.45) is 10.7 Å². The zero-order valence-corrected chi connectivity index (χ0v) is 13.5. The molecule has 2 amide bonds. The number of aliphatic imine (C=N–C) groups is 1. The summed E-state index contributed by atoms with van der Waals surface area (Å²) in [5, 5.41) is 4.99. The second kappa shape index (κ2) is 6.91. The Bertz CT molecular complexity index is 903. The van der Waals surface area contributed by atoms with E-state index in [0.29, 0.717) is 17.9 Å². The number of urea groups is 1. The first kappa shape index (κ1) is 17.5. The van der Waals surface area contributed by atoms with E-state index in [1.807, 2.05) is 6.07 Å². The van der Waals surface area contributed by atoms with Gasteiger partial charge in [0.2, 0.25) is 0 Å². The van der Waals surface area contributed by atoms with E-state index in [1.165, 1.54) is 12.1 Å². The van der Waals surface area contributed by atoms with Crippen LogP contribution in [0.25, 0.3) is 5.57 Å². The number of alkyl halides is 3. The second-order valence-corrected chi connectivity index (χ2v) is 5.69. The van der Waals surface area contributed by atoms with E-state index in [9.17, 15) is 18.0 Å². The van der Waals surface area contributed by atoms with Crippen molar-refractivity contribution in [2.45, 2.75) is 12.6 Å². The Balaban J connectivity index is 1.67. The third kappa shape index (κ3) is 4.21. The minimum absolute atomic E-state index is 0.0492. The molecule has 3 rings (SSSR count). The fourth-order valence-corrected chi connectivity index (χ4v) is 2.49. The Morgan fingerprint density at radius 3 is 2.31 bits per heavy atom. The van der Waals surface area contributed by atoms with Crippen LogP contribution in [0.5, 0.6) is 0 Å². The highest BCUT2D eigenvalue weighted by Gasteiger charge is 2.30. The number of nitrogens with one attached hydrogen (secondary N) is 2. The quantitative estimate of drug-likeness (QED) is 0.756. The van der Waals surface area contributed by atoms with E-state index < -0.39 is 17.8 Å². The van der Waals surface area contributed by atoms with Crippen LogP contribution in [0.2, 0.25) is 0 Å². The number of amides is 2. The molecule has 0 atom stereocenters. The van der Waals surface area contributed by atoms with E-state index in [2.05, 4.69) is 15.6 Å². The van der Waals surface area contributed by atoms with Gasteiger partial charge in [0.1, 0.15) is 5.84 Å². The van der Waals surface area contributed by atoms with Crippen LogP contribution in [0.3, 0.4) is 0 Å². The first-order chi connectivity index (χ1) is 12.3. The van der Waals surface area contributed by atoms with Gasteiger partial charge in [0.25, 0.3) is 0 Å².